The fraction of sp³-hybridized carbons (Fsp3) is 0.250. The first kappa shape index (κ1) is 23.8. The average molecular weight is 508 g/mol. The Bertz CT molecular complexity index is 1580. The molecular weight excluding hydrogens is 478 g/mol. The number of fused-ring (bicyclic) bond motifs is 1. The number of hydrogen-bond acceptors (Lipinski definition) is 7. The molecule has 0 unspecified atom stereocenters. The molecule has 1 amide bonds. The number of aryl methyl sites for hydroxylation is 1. The van der Waals surface area contributed by atoms with Crippen molar-refractivity contribution in [3.63, 3.8) is 0 Å². The maximum Gasteiger partial charge on any atom is 0.230 e. The van der Waals surface area contributed by atoms with Crippen LogP contribution in [0.2, 0.25) is 0 Å². The molecule has 5 aromatic rings. The SMILES string of the molecule is Cc1cccc(-n2nc(CC(=O)Nc3ccc(N4CCN(C)CC4)cc3)cc2-c2ccc3ncnn3c2)n1. The van der Waals surface area contributed by atoms with Gasteiger partial charge in [0.25, 0.3) is 0 Å². The van der Waals surface area contributed by atoms with Crippen LogP contribution in [0.15, 0.2) is 73.2 Å². The Kier molecular flexibility index (Phi) is 6.30. The van der Waals surface area contributed by atoms with E-state index in [4.69, 9.17) is 5.10 Å². The fourth-order valence-corrected chi connectivity index (χ4v) is 4.70. The Morgan fingerprint density at radius 1 is 1.00 bits per heavy atom. The van der Waals surface area contributed by atoms with Crippen molar-refractivity contribution in [3.8, 4) is 17.1 Å². The molecule has 0 aliphatic carbocycles. The number of rotatable bonds is 6. The molecular formula is C28H29N9O. The van der Waals surface area contributed by atoms with Crippen molar-refractivity contribution in [2.45, 2.75) is 13.3 Å². The first-order chi connectivity index (χ1) is 18.5. The lowest BCUT2D eigenvalue weighted by molar-refractivity contribution is -0.115. The summed E-state index contributed by atoms with van der Waals surface area (Å²) >= 11 is 0. The second kappa shape index (κ2) is 10.1. The standard InChI is InChI=1S/C28H29N9O/c1-20-4-3-5-27(31-20)37-25(21-6-11-26-29-19-30-36(26)18-21)16-23(33-37)17-28(38)32-22-7-9-24(10-8-22)35-14-12-34(2)13-15-35/h3-11,16,18-19H,12-15,17H2,1-2H3,(H,32,38). The van der Waals surface area contributed by atoms with Crippen LogP contribution in [0, 0.1) is 6.92 Å². The molecule has 0 atom stereocenters. The number of pyridine rings is 2. The van der Waals surface area contributed by atoms with E-state index in [1.165, 1.54) is 12.0 Å². The van der Waals surface area contributed by atoms with Crippen molar-refractivity contribution >= 4 is 22.9 Å². The van der Waals surface area contributed by atoms with Crippen molar-refractivity contribution < 1.29 is 4.79 Å². The van der Waals surface area contributed by atoms with Crippen LogP contribution in [-0.4, -0.2) is 73.4 Å². The number of amides is 1. The van der Waals surface area contributed by atoms with Crippen molar-refractivity contribution in [2.75, 3.05) is 43.4 Å². The highest BCUT2D eigenvalue weighted by atomic mass is 16.1. The molecule has 10 nitrogen and oxygen atoms in total. The van der Waals surface area contributed by atoms with E-state index in [-0.39, 0.29) is 12.3 Å². The van der Waals surface area contributed by atoms with Crippen molar-refractivity contribution in [2.24, 2.45) is 0 Å². The average Bonchev–Trinajstić information content (AvgIpc) is 3.56. The maximum atomic E-state index is 13.0. The maximum absolute atomic E-state index is 13.0. The van der Waals surface area contributed by atoms with E-state index in [1.807, 2.05) is 61.7 Å². The summed E-state index contributed by atoms with van der Waals surface area (Å²) < 4.78 is 3.49. The summed E-state index contributed by atoms with van der Waals surface area (Å²) in [4.78, 5) is 26.6. The number of likely N-dealkylation sites (N-methyl/N-ethyl adjacent to an activating group) is 1. The van der Waals surface area contributed by atoms with Crippen LogP contribution in [0.1, 0.15) is 11.4 Å². The van der Waals surface area contributed by atoms with E-state index in [1.54, 1.807) is 9.20 Å². The molecule has 4 aromatic heterocycles. The Morgan fingerprint density at radius 3 is 2.61 bits per heavy atom. The summed E-state index contributed by atoms with van der Waals surface area (Å²) in [6.45, 7) is 6.06. The van der Waals surface area contributed by atoms with Gasteiger partial charge in [-0.1, -0.05) is 6.07 Å². The van der Waals surface area contributed by atoms with Gasteiger partial charge in [-0.25, -0.2) is 19.2 Å². The summed E-state index contributed by atoms with van der Waals surface area (Å²) in [6.07, 6.45) is 3.56. The highest BCUT2D eigenvalue weighted by Crippen LogP contribution is 2.25. The summed E-state index contributed by atoms with van der Waals surface area (Å²) in [5.41, 5.74) is 5.94. The van der Waals surface area contributed by atoms with Crippen LogP contribution in [0.4, 0.5) is 11.4 Å². The number of nitrogens with one attached hydrogen (secondary N) is 1. The number of benzene rings is 1. The van der Waals surface area contributed by atoms with E-state index in [0.717, 1.165) is 54.5 Å². The monoisotopic (exact) mass is 507 g/mol. The molecule has 10 heteroatoms. The van der Waals surface area contributed by atoms with Gasteiger partial charge in [0.2, 0.25) is 5.91 Å². The lowest BCUT2D eigenvalue weighted by Crippen LogP contribution is -2.44. The summed E-state index contributed by atoms with van der Waals surface area (Å²) in [5.74, 6) is 0.558. The molecule has 1 N–H and O–H groups in total. The topological polar surface area (TPSA) is 96.5 Å². The minimum absolute atomic E-state index is 0.127. The molecule has 1 aromatic carbocycles. The van der Waals surface area contributed by atoms with Gasteiger partial charge in [0.1, 0.15) is 6.33 Å². The Balaban J connectivity index is 1.22. The molecule has 6 rings (SSSR count). The van der Waals surface area contributed by atoms with Gasteiger partial charge in [0, 0.05) is 55.0 Å². The normalized spacial score (nSPS) is 14.2. The van der Waals surface area contributed by atoms with Crippen molar-refractivity contribution in [1.29, 1.82) is 0 Å². The molecule has 5 heterocycles. The van der Waals surface area contributed by atoms with Gasteiger partial charge in [-0.3, -0.25) is 4.79 Å². The van der Waals surface area contributed by atoms with Crippen molar-refractivity contribution in [1.82, 2.24) is 34.3 Å². The number of piperazine rings is 1. The highest BCUT2D eigenvalue weighted by molar-refractivity contribution is 5.92. The third-order valence-electron chi connectivity index (χ3n) is 6.78. The molecule has 1 fully saturated rings. The summed E-state index contributed by atoms with van der Waals surface area (Å²) in [7, 11) is 2.15. The molecule has 1 aliphatic heterocycles. The van der Waals surface area contributed by atoms with Gasteiger partial charge in [-0.15, -0.1) is 0 Å². The predicted molar refractivity (Wildman–Crippen MR) is 147 cm³/mol. The Morgan fingerprint density at radius 2 is 1.82 bits per heavy atom. The lowest BCUT2D eigenvalue weighted by atomic mass is 10.1. The predicted octanol–water partition coefficient (Wildman–Crippen LogP) is 3.22. The molecule has 0 saturated carbocycles. The van der Waals surface area contributed by atoms with Crippen LogP contribution < -0.4 is 10.2 Å². The molecule has 192 valence electrons. The first-order valence-corrected chi connectivity index (χ1v) is 12.7. The number of hydrogen-bond donors (Lipinski definition) is 1. The van der Waals surface area contributed by atoms with E-state index >= 15 is 0 Å². The van der Waals surface area contributed by atoms with Gasteiger partial charge in [-0.05, 0) is 68.6 Å². The smallest absolute Gasteiger partial charge is 0.230 e. The third-order valence-corrected chi connectivity index (χ3v) is 6.78. The fourth-order valence-electron chi connectivity index (χ4n) is 4.70. The lowest BCUT2D eigenvalue weighted by Gasteiger charge is -2.34. The van der Waals surface area contributed by atoms with Gasteiger partial charge in [-0.2, -0.15) is 10.2 Å². The number of aromatic nitrogens is 6. The van der Waals surface area contributed by atoms with E-state index in [2.05, 4.69) is 49.4 Å². The largest absolute Gasteiger partial charge is 0.369 e. The molecule has 1 saturated heterocycles. The van der Waals surface area contributed by atoms with Crippen LogP contribution in [0.25, 0.3) is 22.7 Å². The van der Waals surface area contributed by atoms with Crippen LogP contribution in [-0.2, 0) is 11.2 Å². The second-order valence-electron chi connectivity index (χ2n) is 9.61. The van der Waals surface area contributed by atoms with Gasteiger partial charge >= 0.3 is 0 Å². The zero-order chi connectivity index (χ0) is 26.1. The van der Waals surface area contributed by atoms with E-state index < -0.39 is 0 Å². The zero-order valence-corrected chi connectivity index (χ0v) is 21.4. The van der Waals surface area contributed by atoms with Gasteiger partial charge in [0.05, 0.1) is 17.8 Å². The molecule has 1 aliphatic rings. The highest BCUT2D eigenvalue weighted by Gasteiger charge is 2.17. The Labute approximate surface area is 220 Å². The quantitative estimate of drug-likeness (QED) is 0.377. The summed E-state index contributed by atoms with van der Waals surface area (Å²) in [5, 5.41) is 12.0. The van der Waals surface area contributed by atoms with Crippen molar-refractivity contribution in [3.05, 3.63) is 84.6 Å². The van der Waals surface area contributed by atoms with E-state index in [9.17, 15) is 4.79 Å². The van der Waals surface area contributed by atoms with Gasteiger partial charge in [0.15, 0.2) is 11.5 Å². The van der Waals surface area contributed by atoms with E-state index in [0.29, 0.717) is 11.5 Å². The molecule has 0 radical (unpaired) electrons. The van der Waals surface area contributed by atoms with Crippen LogP contribution in [0.5, 0.6) is 0 Å². The number of carbonyl (C=O) groups excluding carboxylic acids is 1. The molecule has 0 spiro atoms. The first-order valence-electron chi connectivity index (χ1n) is 12.7. The number of nitrogens with zero attached hydrogens (tertiary/aromatic N) is 8. The Hall–Kier alpha value is -4.57. The third kappa shape index (κ3) is 4.98. The van der Waals surface area contributed by atoms with Gasteiger partial charge < -0.3 is 15.1 Å². The minimum atomic E-state index is -0.127. The molecule has 38 heavy (non-hydrogen) atoms. The number of anilines is 2. The number of carbonyl (C=O) groups is 1. The van der Waals surface area contributed by atoms with Crippen LogP contribution >= 0.6 is 0 Å². The van der Waals surface area contributed by atoms with Crippen LogP contribution in [0.3, 0.4) is 0 Å². The second-order valence-corrected chi connectivity index (χ2v) is 9.61. The zero-order valence-electron chi connectivity index (χ0n) is 21.4. The minimum Gasteiger partial charge on any atom is -0.369 e. The summed E-state index contributed by atoms with van der Waals surface area (Å²) in [6, 6.07) is 19.6. The molecule has 0 bridgehead atoms.